The molecule has 0 heterocycles. The number of hydrogen-bond acceptors (Lipinski definition) is 2. The highest BCUT2D eigenvalue weighted by Gasteiger charge is 2.07. The van der Waals surface area contributed by atoms with E-state index in [9.17, 15) is 4.79 Å². The van der Waals surface area contributed by atoms with Crippen LogP contribution in [0.3, 0.4) is 0 Å². The average molecular weight is 246 g/mol. The van der Waals surface area contributed by atoms with Crippen molar-refractivity contribution < 1.29 is 4.79 Å². The van der Waals surface area contributed by atoms with E-state index in [0.717, 1.165) is 0 Å². The zero-order chi connectivity index (χ0) is 12.3. The van der Waals surface area contributed by atoms with Gasteiger partial charge in [0.05, 0.1) is 0 Å². The molecule has 88 valence electrons. The molecule has 0 saturated heterocycles. The number of carbonyl (C=O) groups is 1. The number of nitrogens with one attached hydrogen (secondary N) is 1. The minimum Gasteiger partial charge on any atom is -0.351 e. The standard InChI is InChI=1S/C13H14N2OS/c1-9(17-15-13(14)16)11-7-6-10-4-2-3-5-12(10)8-11/h2-9H,1H3,(H3,14,15,16). The van der Waals surface area contributed by atoms with Gasteiger partial charge in [-0.05, 0) is 41.3 Å². The van der Waals surface area contributed by atoms with E-state index in [4.69, 9.17) is 5.73 Å². The van der Waals surface area contributed by atoms with Crippen LogP contribution >= 0.6 is 11.9 Å². The maximum atomic E-state index is 10.6. The molecule has 2 amide bonds. The Morgan fingerprint density at radius 1 is 1.24 bits per heavy atom. The largest absolute Gasteiger partial charge is 0.351 e. The SMILES string of the molecule is CC(SNC(N)=O)c1ccc2ccccc2c1. The first-order valence-corrected chi connectivity index (χ1v) is 6.24. The van der Waals surface area contributed by atoms with E-state index < -0.39 is 6.03 Å². The van der Waals surface area contributed by atoms with Crippen LogP contribution in [0.1, 0.15) is 17.7 Å². The fraction of sp³-hybridized carbons (Fsp3) is 0.154. The summed E-state index contributed by atoms with van der Waals surface area (Å²) in [5, 5.41) is 2.60. The molecule has 0 fully saturated rings. The number of urea groups is 1. The topological polar surface area (TPSA) is 55.1 Å². The van der Waals surface area contributed by atoms with Crippen molar-refractivity contribution in [3.05, 3.63) is 48.0 Å². The summed E-state index contributed by atoms with van der Waals surface area (Å²) in [5.41, 5.74) is 6.21. The molecule has 0 radical (unpaired) electrons. The minimum absolute atomic E-state index is 0.173. The van der Waals surface area contributed by atoms with Crippen LogP contribution in [-0.2, 0) is 0 Å². The van der Waals surface area contributed by atoms with E-state index in [0.29, 0.717) is 0 Å². The summed E-state index contributed by atoms with van der Waals surface area (Å²) in [4.78, 5) is 10.6. The van der Waals surface area contributed by atoms with Crippen LogP contribution in [0.2, 0.25) is 0 Å². The third kappa shape index (κ3) is 2.91. The van der Waals surface area contributed by atoms with Gasteiger partial charge in [-0.25, -0.2) is 4.79 Å². The molecule has 4 heteroatoms. The van der Waals surface area contributed by atoms with Gasteiger partial charge >= 0.3 is 6.03 Å². The third-order valence-corrected chi connectivity index (χ3v) is 3.52. The predicted octanol–water partition coefficient (Wildman–Crippen LogP) is 3.22. The van der Waals surface area contributed by atoms with Gasteiger partial charge in [-0.1, -0.05) is 36.4 Å². The Morgan fingerprint density at radius 2 is 1.94 bits per heavy atom. The Balaban J connectivity index is 2.20. The molecule has 1 unspecified atom stereocenters. The minimum atomic E-state index is -0.511. The third-order valence-electron chi connectivity index (χ3n) is 2.58. The lowest BCUT2D eigenvalue weighted by molar-refractivity contribution is 0.254. The smallest absolute Gasteiger partial charge is 0.322 e. The van der Waals surface area contributed by atoms with E-state index in [1.807, 2.05) is 19.1 Å². The number of nitrogens with two attached hydrogens (primary N) is 1. The van der Waals surface area contributed by atoms with Crippen LogP contribution in [0.25, 0.3) is 10.8 Å². The number of amides is 2. The van der Waals surface area contributed by atoms with Gasteiger partial charge in [0.15, 0.2) is 0 Å². The van der Waals surface area contributed by atoms with Crippen LogP contribution in [0, 0.1) is 0 Å². The Hall–Kier alpha value is -1.68. The monoisotopic (exact) mass is 246 g/mol. The number of carbonyl (C=O) groups excluding carboxylic acids is 1. The van der Waals surface area contributed by atoms with Gasteiger partial charge in [0.25, 0.3) is 0 Å². The number of hydrogen-bond donors (Lipinski definition) is 2. The maximum absolute atomic E-state index is 10.6. The molecular weight excluding hydrogens is 232 g/mol. The van der Waals surface area contributed by atoms with Crippen LogP contribution in [0.15, 0.2) is 42.5 Å². The van der Waals surface area contributed by atoms with Crippen molar-refractivity contribution in [2.75, 3.05) is 0 Å². The lowest BCUT2D eigenvalue weighted by atomic mass is 10.1. The predicted molar refractivity (Wildman–Crippen MR) is 72.7 cm³/mol. The van der Waals surface area contributed by atoms with E-state index in [-0.39, 0.29) is 5.25 Å². The number of rotatable bonds is 3. The van der Waals surface area contributed by atoms with Gasteiger partial charge in [0, 0.05) is 5.25 Å². The molecule has 3 nitrogen and oxygen atoms in total. The molecule has 1 atom stereocenters. The van der Waals surface area contributed by atoms with E-state index in [2.05, 4.69) is 35.1 Å². The zero-order valence-corrected chi connectivity index (χ0v) is 10.3. The number of benzene rings is 2. The molecule has 2 rings (SSSR count). The van der Waals surface area contributed by atoms with Crippen LogP contribution in [-0.4, -0.2) is 6.03 Å². The highest BCUT2D eigenvalue weighted by Crippen LogP contribution is 2.28. The van der Waals surface area contributed by atoms with Gasteiger partial charge in [0.1, 0.15) is 0 Å². The van der Waals surface area contributed by atoms with E-state index in [1.165, 1.54) is 28.3 Å². The first-order valence-electron chi connectivity index (χ1n) is 5.36. The Kier molecular flexibility index (Phi) is 3.54. The van der Waals surface area contributed by atoms with Crippen LogP contribution in [0.4, 0.5) is 4.79 Å². The average Bonchev–Trinajstić information content (AvgIpc) is 2.35. The summed E-state index contributed by atoms with van der Waals surface area (Å²) in [6.45, 7) is 2.03. The van der Waals surface area contributed by atoms with Crippen LogP contribution in [0.5, 0.6) is 0 Å². The van der Waals surface area contributed by atoms with E-state index in [1.54, 1.807) is 0 Å². The molecule has 0 saturated carbocycles. The second-order valence-electron chi connectivity index (χ2n) is 3.83. The zero-order valence-electron chi connectivity index (χ0n) is 9.51. The summed E-state index contributed by atoms with van der Waals surface area (Å²) in [5.74, 6) is 0. The van der Waals surface area contributed by atoms with Gasteiger partial charge < -0.3 is 5.73 Å². The second-order valence-corrected chi connectivity index (χ2v) is 4.98. The lowest BCUT2D eigenvalue weighted by Gasteiger charge is -2.11. The highest BCUT2D eigenvalue weighted by molar-refractivity contribution is 7.98. The molecule has 0 aliphatic heterocycles. The van der Waals surface area contributed by atoms with Crippen molar-refractivity contribution >= 4 is 28.8 Å². The van der Waals surface area contributed by atoms with Crippen molar-refractivity contribution in [1.82, 2.24) is 4.72 Å². The summed E-state index contributed by atoms with van der Waals surface area (Å²) in [6.07, 6.45) is 0. The highest BCUT2D eigenvalue weighted by atomic mass is 32.2. The molecule has 3 N–H and O–H groups in total. The van der Waals surface area contributed by atoms with Crippen LogP contribution < -0.4 is 10.5 Å². The van der Waals surface area contributed by atoms with Crippen molar-refractivity contribution in [3.63, 3.8) is 0 Å². The molecule has 0 aliphatic rings. The molecule has 0 aliphatic carbocycles. The Labute approximate surface area is 105 Å². The molecule has 0 aromatic heterocycles. The molecule has 0 bridgehead atoms. The van der Waals surface area contributed by atoms with E-state index >= 15 is 0 Å². The Bertz CT molecular complexity index is 542. The lowest BCUT2D eigenvalue weighted by Crippen LogP contribution is -2.23. The second kappa shape index (κ2) is 5.10. The number of fused-ring (bicyclic) bond motifs is 1. The molecule has 2 aromatic rings. The van der Waals surface area contributed by atoms with Crippen molar-refractivity contribution in [2.24, 2.45) is 5.73 Å². The van der Waals surface area contributed by atoms with Gasteiger partial charge in [0.2, 0.25) is 0 Å². The van der Waals surface area contributed by atoms with Gasteiger partial charge in [-0.2, -0.15) is 0 Å². The fourth-order valence-electron chi connectivity index (χ4n) is 1.68. The first kappa shape index (κ1) is 11.8. The van der Waals surface area contributed by atoms with Crippen molar-refractivity contribution in [1.29, 1.82) is 0 Å². The van der Waals surface area contributed by atoms with Gasteiger partial charge in [-0.15, -0.1) is 0 Å². The first-order chi connectivity index (χ1) is 8.16. The summed E-state index contributed by atoms with van der Waals surface area (Å²) < 4.78 is 2.55. The Morgan fingerprint density at radius 3 is 2.65 bits per heavy atom. The summed E-state index contributed by atoms with van der Waals surface area (Å²) in [6, 6.07) is 14.0. The van der Waals surface area contributed by atoms with Crippen molar-refractivity contribution in [3.8, 4) is 0 Å². The summed E-state index contributed by atoms with van der Waals surface area (Å²) in [7, 11) is 0. The normalized spacial score (nSPS) is 12.3. The quantitative estimate of drug-likeness (QED) is 0.817. The molecule has 2 aromatic carbocycles. The van der Waals surface area contributed by atoms with Gasteiger partial charge in [-0.3, -0.25) is 4.72 Å². The fourth-order valence-corrected chi connectivity index (χ4v) is 2.25. The van der Waals surface area contributed by atoms with Crippen molar-refractivity contribution in [2.45, 2.75) is 12.2 Å². The number of primary amides is 1. The molecule has 17 heavy (non-hydrogen) atoms. The molecule has 0 spiro atoms. The summed E-state index contributed by atoms with van der Waals surface area (Å²) >= 11 is 1.32. The molecular formula is C13H14N2OS. The maximum Gasteiger partial charge on any atom is 0.322 e.